The molecule has 1 heterocycles. The van der Waals surface area contributed by atoms with E-state index >= 15 is 0 Å². The van der Waals surface area contributed by atoms with Crippen LogP contribution in [0, 0.1) is 11.8 Å². The van der Waals surface area contributed by atoms with E-state index in [2.05, 4.69) is 52.7 Å². The summed E-state index contributed by atoms with van der Waals surface area (Å²) in [5.41, 5.74) is 3.16. The summed E-state index contributed by atoms with van der Waals surface area (Å²) in [5, 5.41) is 6.36. The molecule has 4 heteroatoms. The second-order valence-electron chi connectivity index (χ2n) is 8.09. The van der Waals surface area contributed by atoms with Gasteiger partial charge in [-0.3, -0.25) is 0 Å². The van der Waals surface area contributed by atoms with Crippen molar-refractivity contribution < 1.29 is 9.53 Å². The smallest absolute Gasteiger partial charge is 0.338 e. The van der Waals surface area contributed by atoms with Crippen molar-refractivity contribution in [2.75, 3.05) is 24.6 Å². The van der Waals surface area contributed by atoms with Gasteiger partial charge in [-0.1, -0.05) is 36.4 Å². The molecule has 0 aromatic heterocycles. The minimum atomic E-state index is -0.249. The van der Waals surface area contributed by atoms with E-state index in [0.717, 1.165) is 31.5 Å². The normalized spacial score (nSPS) is 22.5. The van der Waals surface area contributed by atoms with Crippen LogP contribution in [0.2, 0.25) is 0 Å². The van der Waals surface area contributed by atoms with Crippen LogP contribution in [0.3, 0.4) is 0 Å². The number of nitrogens with zero attached hydrogens (tertiary/aromatic N) is 1. The lowest BCUT2D eigenvalue weighted by Gasteiger charge is -2.22. The van der Waals surface area contributed by atoms with Crippen molar-refractivity contribution in [2.24, 2.45) is 11.8 Å². The van der Waals surface area contributed by atoms with E-state index < -0.39 is 0 Å². The molecular weight excluding hydrogens is 360 g/mol. The van der Waals surface area contributed by atoms with Crippen LogP contribution < -0.4 is 10.2 Å². The quantitative estimate of drug-likeness (QED) is 0.644. The molecule has 5 rings (SSSR count). The Hall–Kier alpha value is -2.85. The SMILES string of the molecule is CCOC(=O)c1ccc(N2CC3C(C2)C3NCc2ccc3ccccc3c2)cc1. The molecule has 1 aliphatic heterocycles. The summed E-state index contributed by atoms with van der Waals surface area (Å²) in [4.78, 5) is 14.2. The first-order valence-corrected chi connectivity index (χ1v) is 10.5. The minimum Gasteiger partial charge on any atom is -0.462 e. The molecule has 1 aliphatic carbocycles. The number of carbonyl (C=O) groups excluding carboxylic acids is 1. The molecule has 3 aromatic carbocycles. The van der Waals surface area contributed by atoms with Crippen LogP contribution in [0.5, 0.6) is 0 Å². The van der Waals surface area contributed by atoms with Gasteiger partial charge in [0.1, 0.15) is 0 Å². The fraction of sp³-hybridized carbons (Fsp3) is 0.320. The van der Waals surface area contributed by atoms with Crippen LogP contribution in [-0.2, 0) is 11.3 Å². The van der Waals surface area contributed by atoms with E-state index in [0.29, 0.717) is 18.2 Å². The van der Waals surface area contributed by atoms with Gasteiger partial charge in [0.2, 0.25) is 0 Å². The highest BCUT2D eigenvalue weighted by Gasteiger charge is 2.55. The Labute approximate surface area is 171 Å². The third kappa shape index (κ3) is 3.60. The van der Waals surface area contributed by atoms with Gasteiger partial charge in [-0.2, -0.15) is 0 Å². The first-order valence-electron chi connectivity index (χ1n) is 10.5. The average Bonchev–Trinajstić information content (AvgIpc) is 3.21. The highest BCUT2D eigenvalue weighted by Crippen LogP contribution is 2.46. The van der Waals surface area contributed by atoms with Gasteiger partial charge >= 0.3 is 5.97 Å². The number of ether oxygens (including phenoxy) is 1. The number of anilines is 1. The number of rotatable bonds is 6. The molecular formula is C25H26N2O2. The van der Waals surface area contributed by atoms with Crippen LogP contribution in [0.1, 0.15) is 22.8 Å². The van der Waals surface area contributed by atoms with Crippen LogP contribution in [0.25, 0.3) is 10.8 Å². The van der Waals surface area contributed by atoms with Crippen molar-refractivity contribution >= 4 is 22.4 Å². The molecule has 0 radical (unpaired) electrons. The number of nitrogens with one attached hydrogen (secondary N) is 1. The number of carbonyl (C=O) groups is 1. The maximum Gasteiger partial charge on any atom is 0.338 e. The fourth-order valence-corrected chi connectivity index (χ4v) is 4.65. The maximum absolute atomic E-state index is 11.8. The predicted molar refractivity (Wildman–Crippen MR) is 116 cm³/mol. The fourth-order valence-electron chi connectivity index (χ4n) is 4.65. The lowest BCUT2D eigenvalue weighted by molar-refractivity contribution is 0.0526. The molecule has 148 valence electrons. The van der Waals surface area contributed by atoms with E-state index in [-0.39, 0.29) is 5.97 Å². The van der Waals surface area contributed by atoms with Crippen molar-refractivity contribution in [3.63, 3.8) is 0 Å². The monoisotopic (exact) mass is 386 g/mol. The summed E-state index contributed by atoms with van der Waals surface area (Å²) in [6, 6.07) is 23.7. The van der Waals surface area contributed by atoms with Gasteiger partial charge in [-0.15, -0.1) is 0 Å². The third-order valence-electron chi connectivity index (χ3n) is 6.29. The van der Waals surface area contributed by atoms with Gasteiger partial charge in [0.25, 0.3) is 0 Å². The van der Waals surface area contributed by atoms with Crippen LogP contribution in [0.4, 0.5) is 5.69 Å². The molecule has 1 saturated heterocycles. The van der Waals surface area contributed by atoms with E-state index in [1.54, 1.807) is 0 Å². The summed E-state index contributed by atoms with van der Waals surface area (Å²) in [6.45, 7) is 5.32. The summed E-state index contributed by atoms with van der Waals surface area (Å²) >= 11 is 0. The molecule has 0 bridgehead atoms. The van der Waals surface area contributed by atoms with Gasteiger partial charge in [0.05, 0.1) is 12.2 Å². The van der Waals surface area contributed by atoms with Gasteiger partial charge in [0.15, 0.2) is 0 Å². The Morgan fingerprint density at radius 3 is 2.45 bits per heavy atom. The lowest BCUT2D eigenvalue weighted by atomic mass is 10.1. The van der Waals surface area contributed by atoms with Crippen molar-refractivity contribution in [3.8, 4) is 0 Å². The average molecular weight is 386 g/mol. The van der Waals surface area contributed by atoms with Crippen LogP contribution >= 0.6 is 0 Å². The second kappa shape index (κ2) is 7.53. The maximum atomic E-state index is 11.8. The van der Waals surface area contributed by atoms with Gasteiger partial charge in [-0.25, -0.2) is 4.79 Å². The van der Waals surface area contributed by atoms with Crippen LogP contribution in [-0.4, -0.2) is 31.7 Å². The Balaban J connectivity index is 1.14. The molecule has 0 amide bonds. The lowest BCUT2D eigenvalue weighted by Crippen LogP contribution is -2.31. The molecule has 4 nitrogen and oxygen atoms in total. The van der Waals surface area contributed by atoms with Gasteiger partial charge < -0.3 is 15.0 Å². The minimum absolute atomic E-state index is 0.249. The molecule has 1 N–H and O–H groups in total. The van der Waals surface area contributed by atoms with E-state index in [9.17, 15) is 4.79 Å². The first-order chi connectivity index (χ1) is 14.2. The predicted octanol–water partition coefficient (Wildman–Crippen LogP) is 4.24. The molecule has 29 heavy (non-hydrogen) atoms. The van der Waals surface area contributed by atoms with Crippen LogP contribution in [0.15, 0.2) is 66.7 Å². The Morgan fingerprint density at radius 2 is 1.72 bits per heavy atom. The summed E-state index contributed by atoms with van der Waals surface area (Å²) < 4.78 is 5.06. The number of benzene rings is 3. The number of hydrogen-bond donors (Lipinski definition) is 1. The molecule has 2 aliphatic rings. The molecule has 2 unspecified atom stereocenters. The topological polar surface area (TPSA) is 41.6 Å². The number of fused-ring (bicyclic) bond motifs is 2. The van der Waals surface area contributed by atoms with Gasteiger partial charge in [0, 0.05) is 31.4 Å². The molecule has 2 fully saturated rings. The van der Waals surface area contributed by atoms with Crippen molar-refractivity contribution in [1.82, 2.24) is 5.32 Å². The van der Waals surface area contributed by atoms with E-state index in [1.165, 1.54) is 22.0 Å². The largest absolute Gasteiger partial charge is 0.462 e. The number of piperidine rings is 1. The Kier molecular flexibility index (Phi) is 4.72. The molecule has 0 spiro atoms. The third-order valence-corrected chi connectivity index (χ3v) is 6.29. The van der Waals surface area contributed by atoms with Crippen molar-refractivity contribution in [2.45, 2.75) is 19.5 Å². The summed E-state index contributed by atoms with van der Waals surface area (Å²) in [5.74, 6) is 1.20. The Morgan fingerprint density at radius 1 is 1.00 bits per heavy atom. The first kappa shape index (κ1) is 18.2. The highest BCUT2D eigenvalue weighted by molar-refractivity contribution is 5.89. The zero-order chi connectivity index (χ0) is 19.8. The number of hydrogen-bond acceptors (Lipinski definition) is 4. The standard InChI is InChI=1S/C25H26N2O2/c1-2-29-25(28)19-9-11-21(12-10-19)27-15-22-23(16-27)24(22)26-14-17-7-8-18-5-3-4-6-20(18)13-17/h3-13,22-24,26H,2,14-16H2,1H3. The van der Waals surface area contributed by atoms with Crippen molar-refractivity contribution in [3.05, 3.63) is 77.9 Å². The van der Waals surface area contributed by atoms with Crippen molar-refractivity contribution in [1.29, 1.82) is 0 Å². The summed E-state index contributed by atoms with van der Waals surface area (Å²) in [7, 11) is 0. The number of esters is 1. The molecule has 1 saturated carbocycles. The zero-order valence-electron chi connectivity index (χ0n) is 16.7. The van der Waals surface area contributed by atoms with E-state index in [4.69, 9.17) is 4.74 Å². The second-order valence-corrected chi connectivity index (χ2v) is 8.09. The zero-order valence-corrected chi connectivity index (χ0v) is 16.7. The molecule has 2 atom stereocenters. The summed E-state index contributed by atoms with van der Waals surface area (Å²) in [6.07, 6.45) is 0. The molecule has 3 aromatic rings. The Bertz CT molecular complexity index is 1020. The van der Waals surface area contributed by atoms with Gasteiger partial charge in [-0.05, 0) is 65.4 Å². The highest BCUT2D eigenvalue weighted by atomic mass is 16.5. The van der Waals surface area contributed by atoms with E-state index in [1.807, 2.05) is 31.2 Å².